The first-order chi connectivity index (χ1) is 15.5. The SMILES string of the molecule is N=C(NC(=O)c1ccc(NCCO)nn1)C1(c2ccc(-c3cnc(N)nc3)cc2)CCC1. The van der Waals surface area contributed by atoms with E-state index in [4.69, 9.17) is 16.2 Å². The van der Waals surface area contributed by atoms with Crippen LogP contribution < -0.4 is 16.4 Å². The van der Waals surface area contributed by atoms with Gasteiger partial charge in [0.1, 0.15) is 11.7 Å². The molecule has 1 saturated carbocycles. The van der Waals surface area contributed by atoms with E-state index in [1.807, 2.05) is 24.3 Å². The summed E-state index contributed by atoms with van der Waals surface area (Å²) >= 11 is 0. The second-order valence-corrected chi connectivity index (χ2v) is 7.63. The number of hydrogen-bond acceptors (Lipinski definition) is 9. The monoisotopic (exact) mass is 432 g/mol. The molecular weight excluding hydrogens is 408 g/mol. The van der Waals surface area contributed by atoms with Gasteiger partial charge in [-0.1, -0.05) is 30.7 Å². The summed E-state index contributed by atoms with van der Waals surface area (Å²) in [5, 5.41) is 30.9. The molecule has 32 heavy (non-hydrogen) atoms. The van der Waals surface area contributed by atoms with Crippen molar-refractivity contribution in [2.45, 2.75) is 24.7 Å². The maximum absolute atomic E-state index is 12.6. The molecule has 6 N–H and O–H groups in total. The van der Waals surface area contributed by atoms with Crippen molar-refractivity contribution in [1.29, 1.82) is 5.41 Å². The Kier molecular flexibility index (Phi) is 6.04. The second-order valence-electron chi connectivity index (χ2n) is 7.63. The summed E-state index contributed by atoms with van der Waals surface area (Å²) in [4.78, 5) is 20.7. The van der Waals surface area contributed by atoms with Crippen LogP contribution in [-0.2, 0) is 5.41 Å². The van der Waals surface area contributed by atoms with Gasteiger partial charge in [0.05, 0.1) is 12.0 Å². The van der Waals surface area contributed by atoms with Crippen molar-refractivity contribution in [2.75, 3.05) is 24.2 Å². The van der Waals surface area contributed by atoms with E-state index in [0.717, 1.165) is 36.0 Å². The number of nitrogens with zero attached hydrogens (tertiary/aromatic N) is 4. The third kappa shape index (κ3) is 4.26. The van der Waals surface area contributed by atoms with Gasteiger partial charge >= 0.3 is 0 Å². The van der Waals surface area contributed by atoms with E-state index < -0.39 is 11.3 Å². The van der Waals surface area contributed by atoms with E-state index in [1.165, 1.54) is 6.07 Å². The van der Waals surface area contributed by atoms with Crippen LogP contribution in [-0.4, -0.2) is 50.2 Å². The number of aromatic nitrogens is 4. The average molecular weight is 432 g/mol. The summed E-state index contributed by atoms with van der Waals surface area (Å²) in [6.07, 6.45) is 5.89. The Morgan fingerprint density at radius 2 is 1.78 bits per heavy atom. The Hall–Kier alpha value is -3.92. The largest absolute Gasteiger partial charge is 0.395 e. The van der Waals surface area contributed by atoms with Crippen molar-refractivity contribution in [3.05, 3.63) is 60.0 Å². The molecule has 1 aliphatic carbocycles. The highest BCUT2D eigenvalue weighted by atomic mass is 16.3. The van der Waals surface area contributed by atoms with Crippen molar-refractivity contribution < 1.29 is 9.90 Å². The van der Waals surface area contributed by atoms with Crippen molar-refractivity contribution in [2.24, 2.45) is 0 Å². The molecule has 0 spiro atoms. The number of hydrogen-bond donors (Lipinski definition) is 5. The smallest absolute Gasteiger partial charge is 0.277 e. The minimum atomic E-state index is -0.526. The summed E-state index contributed by atoms with van der Waals surface area (Å²) in [5.41, 5.74) is 7.93. The summed E-state index contributed by atoms with van der Waals surface area (Å²) < 4.78 is 0. The lowest BCUT2D eigenvalue weighted by molar-refractivity contribution is 0.0966. The van der Waals surface area contributed by atoms with Crippen LogP contribution in [0.2, 0.25) is 0 Å². The molecule has 10 nitrogen and oxygen atoms in total. The maximum atomic E-state index is 12.6. The highest BCUT2D eigenvalue weighted by molar-refractivity contribution is 6.08. The van der Waals surface area contributed by atoms with Crippen LogP contribution >= 0.6 is 0 Å². The topological polar surface area (TPSA) is 163 Å². The molecule has 0 saturated heterocycles. The van der Waals surface area contributed by atoms with Gasteiger partial charge in [-0.3, -0.25) is 10.2 Å². The standard InChI is InChI=1S/C22H24N8O2/c23-20(28-19(32)17-6-7-18(30-29-17)25-10-11-31)22(8-1-9-22)16-4-2-14(3-5-16)15-12-26-21(24)27-13-15/h2-7,12-13,31H,1,8-11H2,(H,25,30)(H2,23,28,32)(H2,24,26,27). The van der Waals surface area contributed by atoms with Crippen LogP contribution in [0.4, 0.5) is 11.8 Å². The van der Waals surface area contributed by atoms with E-state index in [9.17, 15) is 4.79 Å². The molecule has 0 aliphatic heterocycles. The number of aliphatic hydroxyl groups excluding tert-OH is 1. The van der Waals surface area contributed by atoms with E-state index in [0.29, 0.717) is 12.4 Å². The molecule has 1 fully saturated rings. The first-order valence-electron chi connectivity index (χ1n) is 10.3. The fraction of sp³-hybridized carbons (Fsp3) is 0.273. The molecule has 2 aromatic heterocycles. The Bertz CT molecular complexity index is 1090. The fourth-order valence-electron chi connectivity index (χ4n) is 3.71. The van der Waals surface area contributed by atoms with Crippen molar-refractivity contribution in [3.63, 3.8) is 0 Å². The van der Waals surface area contributed by atoms with Gasteiger partial charge in [0.25, 0.3) is 5.91 Å². The van der Waals surface area contributed by atoms with E-state index >= 15 is 0 Å². The average Bonchev–Trinajstić information content (AvgIpc) is 2.78. The first kappa shape index (κ1) is 21.3. The Morgan fingerprint density at radius 1 is 1.06 bits per heavy atom. The van der Waals surface area contributed by atoms with Crippen LogP contribution in [0.1, 0.15) is 35.3 Å². The van der Waals surface area contributed by atoms with Gasteiger partial charge in [0.2, 0.25) is 5.95 Å². The lowest BCUT2D eigenvalue weighted by atomic mass is 9.63. The summed E-state index contributed by atoms with van der Waals surface area (Å²) in [6.45, 7) is 0.315. The third-order valence-corrected chi connectivity index (χ3v) is 5.68. The van der Waals surface area contributed by atoms with Crippen LogP contribution in [0, 0.1) is 5.41 Å². The van der Waals surface area contributed by atoms with Crippen molar-refractivity contribution in [3.8, 4) is 11.1 Å². The number of nitrogen functional groups attached to an aromatic ring is 1. The van der Waals surface area contributed by atoms with Crippen molar-refractivity contribution in [1.82, 2.24) is 25.5 Å². The van der Waals surface area contributed by atoms with Crippen LogP contribution in [0.5, 0.6) is 0 Å². The van der Waals surface area contributed by atoms with Gasteiger partial charge < -0.3 is 21.5 Å². The number of nitrogens with one attached hydrogen (secondary N) is 3. The molecule has 3 aromatic rings. The normalized spacial score (nSPS) is 14.3. The zero-order chi connectivity index (χ0) is 22.6. The molecule has 1 aliphatic rings. The molecule has 0 radical (unpaired) electrons. The molecule has 164 valence electrons. The number of amidine groups is 1. The minimum Gasteiger partial charge on any atom is -0.395 e. The predicted molar refractivity (Wildman–Crippen MR) is 120 cm³/mol. The Morgan fingerprint density at radius 3 is 2.34 bits per heavy atom. The van der Waals surface area contributed by atoms with Gasteiger partial charge in [-0.2, -0.15) is 0 Å². The van der Waals surface area contributed by atoms with Gasteiger partial charge in [-0.05, 0) is 36.1 Å². The predicted octanol–water partition coefficient (Wildman–Crippen LogP) is 1.75. The molecular formula is C22H24N8O2. The van der Waals surface area contributed by atoms with E-state index in [-0.39, 0.29) is 24.1 Å². The Labute approximate surface area is 184 Å². The van der Waals surface area contributed by atoms with E-state index in [2.05, 4.69) is 30.8 Å². The van der Waals surface area contributed by atoms with Crippen LogP contribution in [0.15, 0.2) is 48.8 Å². The van der Waals surface area contributed by atoms with Crippen LogP contribution in [0.25, 0.3) is 11.1 Å². The number of carbonyl (C=O) groups is 1. The van der Waals surface area contributed by atoms with E-state index in [1.54, 1.807) is 18.5 Å². The molecule has 0 atom stereocenters. The van der Waals surface area contributed by atoms with Crippen LogP contribution in [0.3, 0.4) is 0 Å². The van der Waals surface area contributed by atoms with Gasteiger partial charge in [-0.25, -0.2) is 9.97 Å². The number of carbonyl (C=O) groups excluding carboxylic acids is 1. The number of aliphatic hydroxyl groups is 1. The summed E-state index contributed by atoms with van der Waals surface area (Å²) in [7, 11) is 0. The number of benzene rings is 1. The number of anilines is 2. The highest BCUT2D eigenvalue weighted by Crippen LogP contribution is 2.44. The molecule has 1 aromatic carbocycles. The third-order valence-electron chi connectivity index (χ3n) is 5.68. The summed E-state index contributed by atoms with van der Waals surface area (Å²) in [5.74, 6) is 0.371. The minimum absolute atomic E-state index is 0.0299. The fourth-order valence-corrected chi connectivity index (χ4v) is 3.71. The van der Waals surface area contributed by atoms with Crippen molar-refractivity contribution >= 4 is 23.5 Å². The lowest BCUT2D eigenvalue weighted by Crippen LogP contribution is -2.50. The number of amides is 1. The maximum Gasteiger partial charge on any atom is 0.277 e. The zero-order valence-corrected chi connectivity index (χ0v) is 17.4. The summed E-state index contributed by atoms with van der Waals surface area (Å²) in [6, 6.07) is 11.0. The lowest BCUT2D eigenvalue weighted by Gasteiger charge is -2.42. The second kappa shape index (κ2) is 9.06. The molecule has 10 heteroatoms. The number of nitrogens with two attached hydrogens (primary N) is 1. The molecule has 1 amide bonds. The molecule has 2 heterocycles. The zero-order valence-electron chi connectivity index (χ0n) is 17.4. The molecule has 4 rings (SSSR count). The molecule has 0 bridgehead atoms. The van der Waals surface area contributed by atoms with Gasteiger partial charge in [0.15, 0.2) is 5.69 Å². The quantitative estimate of drug-likeness (QED) is 0.278. The number of rotatable bonds is 7. The van der Waals surface area contributed by atoms with Gasteiger partial charge in [0, 0.05) is 24.5 Å². The first-order valence-corrected chi connectivity index (χ1v) is 10.3. The highest BCUT2D eigenvalue weighted by Gasteiger charge is 2.43. The van der Waals surface area contributed by atoms with Gasteiger partial charge in [-0.15, -0.1) is 10.2 Å². The Balaban J connectivity index is 1.47. The molecule has 0 unspecified atom stereocenters.